The molecule has 19 heavy (non-hydrogen) atoms. The van der Waals surface area contributed by atoms with Gasteiger partial charge in [-0.25, -0.2) is 0 Å². The number of thiophene rings is 1. The van der Waals surface area contributed by atoms with Crippen LogP contribution in [0.5, 0.6) is 0 Å². The Morgan fingerprint density at radius 3 is 2.68 bits per heavy atom. The van der Waals surface area contributed by atoms with Gasteiger partial charge in [0.25, 0.3) is 0 Å². The summed E-state index contributed by atoms with van der Waals surface area (Å²) in [6.45, 7) is 0. The standard InChI is InChI=1S/C18H16S/c1-2-8-15(9-3-1)10-4-5-11-16-14-19-18-13-7-6-12-17(16)18/h1-3,6,8-9,12-13H,4-5,10-11H2. The second kappa shape index (κ2) is 6.03. The highest BCUT2D eigenvalue weighted by Crippen LogP contribution is 2.26. The summed E-state index contributed by atoms with van der Waals surface area (Å²) in [5, 5.41) is 4.80. The van der Waals surface area contributed by atoms with Crippen molar-refractivity contribution in [3.63, 3.8) is 0 Å². The molecule has 0 spiro atoms. The number of benzene rings is 2. The van der Waals surface area contributed by atoms with Crippen molar-refractivity contribution in [1.82, 2.24) is 0 Å². The summed E-state index contributed by atoms with van der Waals surface area (Å²) in [6, 6.07) is 20.1. The van der Waals surface area contributed by atoms with Crippen molar-refractivity contribution in [1.29, 1.82) is 0 Å². The number of unbranched alkanes of at least 4 members (excludes halogenated alkanes) is 1. The Balaban J connectivity index is 1.55. The maximum Gasteiger partial charge on any atom is 0.0490 e. The molecule has 3 aromatic rings. The minimum Gasteiger partial charge on any atom is -0.134 e. The zero-order valence-electron chi connectivity index (χ0n) is 10.9. The van der Waals surface area contributed by atoms with Gasteiger partial charge in [0.1, 0.15) is 0 Å². The summed E-state index contributed by atoms with van der Waals surface area (Å²) in [6.07, 6.45) is 4.79. The molecule has 0 aliphatic carbocycles. The van der Waals surface area contributed by atoms with Crippen LogP contribution in [0.2, 0.25) is 0 Å². The molecule has 1 heterocycles. The number of rotatable bonds is 5. The molecular formula is C18H16S. The van der Waals surface area contributed by atoms with Crippen LogP contribution in [0.4, 0.5) is 0 Å². The second-order valence-electron chi connectivity index (χ2n) is 4.80. The fourth-order valence-corrected chi connectivity index (χ4v) is 3.26. The van der Waals surface area contributed by atoms with Crippen LogP contribution in [0.1, 0.15) is 24.0 Å². The average molecular weight is 264 g/mol. The van der Waals surface area contributed by atoms with Gasteiger partial charge in [-0.1, -0.05) is 42.5 Å². The van der Waals surface area contributed by atoms with E-state index in [1.165, 1.54) is 40.5 Å². The molecule has 0 unspecified atom stereocenters. The first-order valence-electron chi connectivity index (χ1n) is 6.76. The molecule has 0 nitrogen and oxygen atoms in total. The van der Waals surface area contributed by atoms with E-state index in [0.717, 1.165) is 6.42 Å². The van der Waals surface area contributed by atoms with Crippen molar-refractivity contribution >= 4 is 21.4 Å². The van der Waals surface area contributed by atoms with Crippen LogP contribution in [0.15, 0.2) is 48.5 Å². The van der Waals surface area contributed by atoms with Gasteiger partial charge in [-0.15, -0.1) is 11.3 Å². The average Bonchev–Trinajstić information content (AvgIpc) is 2.88. The molecule has 0 amide bonds. The SMILES string of the molecule is [c]1ccc2c(CCCCc3ccccc3)[c]sc2c1. The molecule has 2 radical (unpaired) electrons. The number of hydrogen-bond donors (Lipinski definition) is 0. The maximum atomic E-state index is 3.43. The van der Waals surface area contributed by atoms with E-state index in [4.69, 9.17) is 0 Å². The van der Waals surface area contributed by atoms with E-state index in [1.54, 1.807) is 11.3 Å². The Labute approximate surface area is 118 Å². The minimum absolute atomic E-state index is 1.14. The van der Waals surface area contributed by atoms with Crippen molar-refractivity contribution < 1.29 is 0 Å². The van der Waals surface area contributed by atoms with E-state index in [2.05, 4.69) is 53.9 Å². The van der Waals surface area contributed by atoms with Gasteiger partial charge < -0.3 is 0 Å². The summed E-state index contributed by atoms with van der Waals surface area (Å²) in [5.74, 6) is 0. The summed E-state index contributed by atoms with van der Waals surface area (Å²) < 4.78 is 1.31. The quantitative estimate of drug-likeness (QED) is 0.565. The summed E-state index contributed by atoms with van der Waals surface area (Å²) in [7, 11) is 0. The van der Waals surface area contributed by atoms with E-state index in [9.17, 15) is 0 Å². The summed E-state index contributed by atoms with van der Waals surface area (Å²) >= 11 is 1.71. The first kappa shape index (κ1) is 12.4. The van der Waals surface area contributed by atoms with Crippen LogP contribution < -0.4 is 0 Å². The van der Waals surface area contributed by atoms with E-state index < -0.39 is 0 Å². The first-order valence-corrected chi connectivity index (χ1v) is 7.58. The second-order valence-corrected chi connectivity index (χ2v) is 5.65. The molecule has 0 aliphatic rings. The largest absolute Gasteiger partial charge is 0.134 e. The van der Waals surface area contributed by atoms with Crippen LogP contribution in [0.25, 0.3) is 10.1 Å². The third kappa shape index (κ3) is 3.05. The number of hydrogen-bond acceptors (Lipinski definition) is 1. The lowest BCUT2D eigenvalue weighted by molar-refractivity contribution is 0.737. The van der Waals surface area contributed by atoms with Crippen molar-refractivity contribution in [2.24, 2.45) is 0 Å². The molecule has 1 aromatic heterocycles. The van der Waals surface area contributed by atoms with Gasteiger partial charge in [-0.3, -0.25) is 0 Å². The summed E-state index contributed by atoms with van der Waals surface area (Å²) in [5.41, 5.74) is 2.82. The van der Waals surface area contributed by atoms with Crippen molar-refractivity contribution in [2.75, 3.05) is 0 Å². The van der Waals surface area contributed by atoms with E-state index >= 15 is 0 Å². The van der Waals surface area contributed by atoms with Gasteiger partial charge in [-0.2, -0.15) is 0 Å². The van der Waals surface area contributed by atoms with Crippen LogP contribution >= 0.6 is 11.3 Å². The number of fused-ring (bicyclic) bond motifs is 1. The number of aryl methyl sites for hydroxylation is 2. The van der Waals surface area contributed by atoms with E-state index in [-0.39, 0.29) is 0 Å². The van der Waals surface area contributed by atoms with Gasteiger partial charge in [0.15, 0.2) is 0 Å². The molecule has 0 saturated carbocycles. The lowest BCUT2D eigenvalue weighted by atomic mass is 10.0. The van der Waals surface area contributed by atoms with Crippen molar-refractivity contribution in [2.45, 2.75) is 25.7 Å². The molecule has 94 valence electrons. The molecule has 3 rings (SSSR count). The zero-order valence-corrected chi connectivity index (χ0v) is 11.7. The molecular weight excluding hydrogens is 248 g/mol. The van der Waals surface area contributed by atoms with Crippen LogP contribution in [-0.2, 0) is 12.8 Å². The fraction of sp³-hybridized carbons (Fsp3) is 0.222. The maximum absolute atomic E-state index is 3.43. The third-order valence-electron chi connectivity index (χ3n) is 3.42. The van der Waals surface area contributed by atoms with Crippen LogP contribution in [-0.4, -0.2) is 0 Å². The van der Waals surface area contributed by atoms with Crippen LogP contribution in [0.3, 0.4) is 0 Å². The predicted octanol–water partition coefficient (Wildman–Crippen LogP) is 5.07. The Hall–Kier alpha value is -1.60. The molecule has 2 aromatic carbocycles. The fourth-order valence-electron chi connectivity index (χ4n) is 2.38. The molecule has 0 aliphatic heterocycles. The molecule has 0 atom stereocenters. The van der Waals surface area contributed by atoms with Gasteiger partial charge >= 0.3 is 0 Å². The Bertz CT molecular complexity index is 637. The zero-order chi connectivity index (χ0) is 12.9. The van der Waals surface area contributed by atoms with Gasteiger partial charge in [0, 0.05) is 10.1 Å². The van der Waals surface area contributed by atoms with E-state index in [0.29, 0.717) is 0 Å². The monoisotopic (exact) mass is 264 g/mol. The highest BCUT2D eigenvalue weighted by atomic mass is 32.1. The molecule has 0 N–H and O–H groups in total. The minimum atomic E-state index is 1.14. The van der Waals surface area contributed by atoms with Crippen molar-refractivity contribution in [3.05, 3.63) is 71.1 Å². The lowest BCUT2D eigenvalue weighted by Crippen LogP contribution is -1.88. The Kier molecular flexibility index (Phi) is 3.95. The molecule has 1 heteroatoms. The highest BCUT2D eigenvalue weighted by molar-refractivity contribution is 7.16. The first-order chi connectivity index (χ1) is 9.43. The van der Waals surface area contributed by atoms with E-state index in [1.807, 2.05) is 6.07 Å². The summed E-state index contributed by atoms with van der Waals surface area (Å²) in [4.78, 5) is 0. The molecule has 0 saturated heterocycles. The lowest BCUT2D eigenvalue weighted by Gasteiger charge is -2.01. The van der Waals surface area contributed by atoms with Gasteiger partial charge in [0.05, 0.1) is 0 Å². The molecule has 0 fully saturated rings. The topological polar surface area (TPSA) is 0 Å². The Morgan fingerprint density at radius 2 is 1.79 bits per heavy atom. The Morgan fingerprint density at radius 1 is 0.947 bits per heavy atom. The van der Waals surface area contributed by atoms with Gasteiger partial charge in [0.2, 0.25) is 0 Å². The smallest absolute Gasteiger partial charge is 0.0490 e. The van der Waals surface area contributed by atoms with Crippen molar-refractivity contribution in [3.8, 4) is 0 Å². The highest BCUT2D eigenvalue weighted by Gasteiger charge is 2.03. The normalized spacial score (nSPS) is 10.9. The van der Waals surface area contributed by atoms with Gasteiger partial charge in [-0.05, 0) is 54.3 Å². The predicted molar refractivity (Wildman–Crippen MR) is 82.6 cm³/mol. The van der Waals surface area contributed by atoms with Crippen LogP contribution in [0, 0.1) is 11.4 Å². The molecule has 0 bridgehead atoms. The third-order valence-corrected chi connectivity index (χ3v) is 4.33.